The second-order valence-corrected chi connectivity index (χ2v) is 10.9. The van der Waals surface area contributed by atoms with Crippen molar-refractivity contribution in [3.05, 3.63) is 64.4 Å². The van der Waals surface area contributed by atoms with Gasteiger partial charge in [-0.2, -0.15) is 0 Å². The van der Waals surface area contributed by atoms with E-state index < -0.39 is 9.84 Å². The number of benzene rings is 2. The summed E-state index contributed by atoms with van der Waals surface area (Å²) in [6, 6.07) is 13.9. The van der Waals surface area contributed by atoms with E-state index in [0.717, 1.165) is 16.2 Å². The highest BCUT2D eigenvalue weighted by Gasteiger charge is 2.34. The fourth-order valence-corrected chi connectivity index (χ4v) is 6.55. The molecule has 2 heterocycles. The molecular weight excluding hydrogens is 446 g/mol. The quantitative estimate of drug-likeness (QED) is 0.519. The zero-order chi connectivity index (χ0) is 22.9. The lowest BCUT2D eigenvalue weighted by atomic mass is 9.90. The highest BCUT2D eigenvalue weighted by atomic mass is 32.2. The summed E-state index contributed by atoms with van der Waals surface area (Å²) in [5.74, 6) is 1.27. The van der Waals surface area contributed by atoms with Crippen LogP contribution < -0.4 is 14.8 Å². The van der Waals surface area contributed by atoms with Gasteiger partial charge in [0.15, 0.2) is 0 Å². The number of sulfone groups is 1. The first-order valence-corrected chi connectivity index (χ1v) is 12.7. The summed E-state index contributed by atoms with van der Waals surface area (Å²) in [6.45, 7) is 4.76. The first kappa shape index (κ1) is 22.4. The molecule has 1 atom stereocenters. The highest BCUT2D eigenvalue weighted by Crippen LogP contribution is 2.46. The number of thiophene rings is 1. The van der Waals surface area contributed by atoms with Crippen LogP contribution in [-0.2, 0) is 14.6 Å². The van der Waals surface area contributed by atoms with Crippen LogP contribution >= 0.6 is 11.3 Å². The van der Waals surface area contributed by atoms with Crippen LogP contribution in [0.4, 0.5) is 5.69 Å². The number of nitrogens with one attached hydrogen (secondary N) is 1. The standard InChI is InChI=1S/C24H25NO5S2/c1-15(2)13-30-18-6-4-5-16(11-18)20-12-22(26)25-23-21(14-31-24(20)23)32(27,28)19-9-7-17(29-3)8-10-19/h4-11,14-15,20H,12-13H2,1-3H3,(H,25,26)/t20-/m0/s1. The van der Waals surface area contributed by atoms with Crippen LogP contribution in [-0.4, -0.2) is 28.0 Å². The summed E-state index contributed by atoms with van der Waals surface area (Å²) in [6.07, 6.45) is 0.253. The van der Waals surface area contributed by atoms with E-state index in [1.54, 1.807) is 17.5 Å². The van der Waals surface area contributed by atoms with E-state index >= 15 is 0 Å². The molecule has 3 aromatic rings. The van der Waals surface area contributed by atoms with Crippen LogP contribution in [0.1, 0.15) is 36.6 Å². The van der Waals surface area contributed by atoms with Gasteiger partial charge in [0.05, 0.1) is 24.3 Å². The van der Waals surface area contributed by atoms with Crippen molar-refractivity contribution < 1.29 is 22.7 Å². The monoisotopic (exact) mass is 471 g/mol. The number of fused-ring (bicyclic) bond motifs is 1. The van der Waals surface area contributed by atoms with Gasteiger partial charge in [-0.3, -0.25) is 4.79 Å². The summed E-state index contributed by atoms with van der Waals surface area (Å²) < 4.78 is 37.6. The maximum Gasteiger partial charge on any atom is 0.225 e. The summed E-state index contributed by atoms with van der Waals surface area (Å²) >= 11 is 1.35. The van der Waals surface area contributed by atoms with E-state index in [0.29, 0.717) is 24.0 Å². The number of hydrogen-bond acceptors (Lipinski definition) is 6. The number of hydrogen-bond donors (Lipinski definition) is 1. The van der Waals surface area contributed by atoms with Gasteiger partial charge in [0.2, 0.25) is 15.7 Å². The van der Waals surface area contributed by atoms with E-state index in [2.05, 4.69) is 19.2 Å². The second-order valence-electron chi connectivity index (χ2n) is 8.10. The van der Waals surface area contributed by atoms with E-state index in [4.69, 9.17) is 9.47 Å². The number of carbonyl (C=O) groups excluding carboxylic acids is 1. The Kier molecular flexibility index (Phi) is 6.26. The lowest BCUT2D eigenvalue weighted by Gasteiger charge is -2.24. The molecule has 168 valence electrons. The third-order valence-corrected chi connectivity index (χ3v) is 8.30. The van der Waals surface area contributed by atoms with Gasteiger partial charge in [-0.05, 0) is 47.9 Å². The third-order valence-electron chi connectivity index (χ3n) is 5.26. The number of rotatable bonds is 7. The molecule has 2 aromatic carbocycles. The van der Waals surface area contributed by atoms with E-state index in [9.17, 15) is 13.2 Å². The maximum absolute atomic E-state index is 13.3. The van der Waals surface area contributed by atoms with Crippen molar-refractivity contribution in [2.45, 2.75) is 36.0 Å². The number of ether oxygens (including phenoxy) is 2. The van der Waals surface area contributed by atoms with Gasteiger partial charge in [0.1, 0.15) is 16.4 Å². The Hall–Kier alpha value is -2.84. The first-order valence-electron chi connectivity index (χ1n) is 10.3. The van der Waals surface area contributed by atoms with Gasteiger partial charge in [-0.1, -0.05) is 26.0 Å². The highest BCUT2D eigenvalue weighted by molar-refractivity contribution is 7.91. The SMILES string of the molecule is COc1ccc(S(=O)(=O)c2csc3c2NC(=O)C[C@H]3c2cccc(OCC(C)C)c2)cc1. The van der Waals surface area contributed by atoms with E-state index in [1.165, 1.54) is 30.6 Å². The molecule has 4 rings (SSSR count). The summed E-state index contributed by atoms with van der Waals surface area (Å²) in [4.78, 5) is 13.7. The van der Waals surface area contributed by atoms with Gasteiger partial charge in [0.25, 0.3) is 0 Å². The van der Waals surface area contributed by atoms with Crippen molar-refractivity contribution in [1.82, 2.24) is 0 Å². The molecule has 0 aliphatic carbocycles. The molecule has 1 amide bonds. The predicted octanol–water partition coefficient (Wildman–Crippen LogP) is 5.10. The molecule has 0 radical (unpaired) electrons. The molecule has 0 saturated heterocycles. The van der Waals surface area contributed by atoms with E-state index in [1.807, 2.05) is 24.3 Å². The van der Waals surface area contributed by atoms with Crippen LogP contribution in [0.15, 0.2) is 63.7 Å². The minimum Gasteiger partial charge on any atom is -0.497 e. The Bertz CT molecular complexity index is 1230. The summed E-state index contributed by atoms with van der Waals surface area (Å²) in [7, 11) is -2.28. The molecule has 0 unspecified atom stereocenters. The molecule has 8 heteroatoms. The number of methoxy groups -OCH3 is 1. The minimum absolute atomic E-state index is 0.118. The Morgan fingerprint density at radius 2 is 1.88 bits per heavy atom. The van der Waals surface area contributed by atoms with Gasteiger partial charge < -0.3 is 14.8 Å². The van der Waals surface area contributed by atoms with Gasteiger partial charge in [-0.15, -0.1) is 11.3 Å². The molecule has 1 aliphatic heterocycles. The van der Waals surface area contributed by atoms with Crippen LogP contribution in [0.5, 0.6) is 11.5 Å². The zero-order valence-corrected chi connectivity index (χ0v) is 19.8. The smallest absolute Gasteiger partial charge is 0.225 e. The molecule has 1 aromatic heterocycles. The molecule has 0 spiro atoms. The summed E-state index contributed by atoms with van der Waals surface area (Å²) in [5.41, 5.74) is 1.30. The van der Waals surface area contributed by atoms with E-state index in [-0.39, 0.29) is 28.0 Å². The summed E-state index contributed by atoms with van der Waals surface area (Å²) in [5, 5.41) is 4.41. The van der Waals surface area contributed by atoms with Crippen molar-refractivity contribution in [2.24, 2.45) is 5.92 Å². The third kappa shape index (κ3) is 4.38. The van der Waals surface area contributed by atoms with Crippen molar-refractivity contribution >= 4 is 32.8 Å². The molecule has 0 fully saturated rings. The minimum atomic E-state index is -3.80. The Balaban J connectivity index is 1.71. The fourth-order valence-electron chi connectivity index (χ4n) is 3.64. The normalized spacial score (nSPS) is 15.9. The van der Waals surface area contributed by atoms with Gasteiger partial charge in [-0.25, -0.2) is 8.42 Å². The van der Waals surface area contributed by atoms with Crippen molar-refractivity contribution in [2.75, 3.05) is 19.0 Å². The number of amides is 1. The first-order chi connectivity index (χ1) is 15.3. The maximum atomic E-state index is 13.3. The van der Waals surface area contributed by atoms with Crippen LogP contribution in [0.2, 0.25) is 0 Å². The Morgan fingerprint density at radius 1 is 1.12 bits per heavy atom. The van der Waals surface area contributed by atoms with Crippen LogP contribution in [0.25, 0.3) is 0 Å². The van der Waals surface area contributed by atoms with Crippen molar-refractivity contribution in [3.8, 4) is 11.5 Å². The molecule has 6 nitrogen and oxygen atoms in total. The van der Waals surface area contributed by atoms with Crippen LogP contribution in [0.3, 0.4) is 0 Å². The molecule has 0 bridgehead atoms. The lowest BCUT2D eigenvalue weighted by Crippen LogP contribution is -2.23. The van der Waals surface area contributed by atoms with Crippen molar-refractivity contribution in [1.29, 1.82) is 0 Å². The average Bonchev–Trinajstić information content (AvgIpc) is 3.22. The molecule has 0 saturated carbocycles. The molecule has 32 heavy (non-hydrogen) atoms. The lowest BCUT2D eigenvalue weighted by molar-refractivity contribution is -0.116. The fraction of sp³-hybridized carbons (Fsp3) is 0.292. The van der Waals surface area contributed by atoms with Gasteiger partial charge in [0, 0.05) is 22.6 Å². The zero-order valence-electron chi connectivity index (χ0n) is 18.1. The molecule has 1 N–H and O–H groups in total. The second kappa shape index (κ2) is 8.96. The number of anilines is 1. The van der Waals surface area contributed by atoms with Crippen LogP contribution in [0, 0.1) is 5.92 Å². The molecular formula is C24H25NO5S2. The van der Waals surface area contributed by atoms with Gasteiger partial charge >= 0.3 is 0 Å². The van der Waals surface area contributed by atoms with Crippen molar-refractivity contribution in [3.63, 3.8) is 0 Å². The number of carbonyl (C=O) groups is 1. The predicted molar refractivity (Wildman–Crippen MR) is 125 cm³/mol. The topological polar surface area (TPSA) is 81.7 Å². The average molecular weight is 472 g/mol. The molecule has 1 aliphatic rings. The Morgan fingerprint density at radius 3 is 2.56 bits per heavy atom. The largest absolute Gasteiger partial charge is 0.497 e. The Labute approximate surface area is 192 Å².